The minimum Gasteiger partial charge on any atom is -0.333 e. The number of imidazole rings is 1. The van der Waals surface area contributed by atoms with Crippen molar-refractivity contribution in [2.45, 2.75) is 19.3 Å². The molecule has 0 saturated carbocycles. The van der Waals surface area contributed by atoms with Crippen LogP contribution in [0.1, 0.15) is 25.0 Å². The molecule has 0 spiro atoms. The average Bonchev–Trinajstić information content (AvgIpc) is 3.28. The zero-order chi connectivity index (χ0) is 20.3. The molecule has 0 bridgehead atoms. The molecule has 31 heavy (non-hydrogen) atoms. The second-order valence-corrected chi connectivity index (χ2v) is 8.44. The van der Waals surface area contributed by atoms with Crippen molar-refractivity contribution in [2.24, 2.45) is 0 Å². The molecule has 153 valence electrons. The molecule has 3 heteroatoms. The van der Waals surface area contributed by atoms with Crippen LogP contribution in [-0.4, -0.2) is 9.55 Å². The fourth-order valence-corrected chi connectivity index (χ4v) is 4.85. The number of benzene rings is 4. The van der Waals surface area contributed by atoms with Crippen LogP contribution in [0.2, 0.25) is 0 Å². The van der Waals surface area contributed by atoms with Gasteiger partial charge in [0.1, 0.15) is 0 Å². The number of nitrogens with zero attached hydrogens (tertiary/aromatic N) is 2. The van der Waals surface area contributed by atoms with Gasteiger partial charge in [0.05, 0.1) is 16.9 Å². The molecule has 0 amide bonds. The average molecular weight is 578 g/mol. The second kappa shape index (κ2) is 7.30. The largest absolute Gasteiger partial charge is 0.333 e. The summed E-state index contributed by atoms with van der Waals surface area (Å²) >= 11 is 0. The number of hydrogen-bond donors (Lipinski definition) is 0. The van der Waals surface area contributed by atoms with Crippen LogP contribution >= 0.6 is 0 Å². The van der Waals surface area contributed by atoms with Gasteiger partial charge in [0.2, 0.25) is 0 Å². The first-order valence-electron chi connectivity index (χ1n) is 10.3. The SMILES string of the molecule is CC1(C)c2ccccc2-c2cc(-n3c(-c4[c-]cccc4)nc4ccccc43)ccc21.[Ir]. The van der Waals surface area contributed by atoms with Crippen LogP contribution < -0.4 is 0 Å². The summed E-state index contributed by atoms with van der Waals surface area (Å²) in [6.07, 6.45) is 0. The maximum absolute atomic E-state index is 4.96. The quantitative estimate of drug-likeness (QED) is 0.211. The third-order valence-corrected chi connectivity index (χ3v) is 6.34. The summed E-state index contributed by atoms with van der Waals surface area (Å²) in [7, 11) is 0. The normalized spacial score (nSPS) is 13.5. The molecule has 0 unspecified atom stereocenters. The third kappa shape index (κ3) is 2.92. The van der Waals surface area contributed by atoms with Crippen LogP contribution in [0.3, 0.4) is 0 Å². The summed E-state index contributed by atoms with van der Waals surface area (Å²) in [5.74, 6) is 0.919. The summed E-state index contributed by atoms with van der Waals surface area (Å²) in [5, 5.41) is 0. The number of para-hydroxylation sites is 2. The van der Waals surface area contributed by atoms with Crippen molar-refractivity contribution in [1.29, 1.82) is 0 Å². The molecule has 0 saturated heterocycles. The Balaban J connectivity index is 0.00000204. The van der Waals surface area contributed by atoms with Gasteiger partial charge in [-0.15, -0.1) is 35.9 Å². The molecule has 1 heterocycles. The maximum atomic E-state index is 4.96. The van der Waals surface area contributed by atoms with Gasteiger partial charge in [-0.1, -0.05) is 56.3 Å². The summed E-state index contributed by atoms with van der Waals surface area (Å²) in [6, 6.07) is 35.3. The van der Waals surface area contributed by atoms with Crippen molar-refractivity contribution in [2.75, 3.05) is 0 Å². The molecule has 1 aliphatic rings. The summed E-state index contributed by atoms with van der Waals surface area (Å²) in [5.41, 5.74) is 9.65. The molecule has 1 radical (unpaired) electrons. The predicted molar refractivity (Wildman–Crippen MR) is 123 cm³/mol. The van der Waals surface area contributed by atoms with Crippen LogP contribution in [0.4, 0.5) is 0 Å². The van der Waals surface area contributed by atoms with Gasteiger partial charge in [-0.25, -0.2) is 0 Å². The van der Waals surface area contributed by atoms with E-state index in [-0.39, 0.29) is 25.5 Å². The van der Waals surface area contributed by atoms with E-state index < -0.39 is 0 Å². The van der Waals surface area contributed by atoms with Crippen LogP contribution in [0.25, 0.3) is 39.2 Å². The van der Waals surface area contributed by atoms with Crippen molar-refractivity contribution in [3.63, 3.8) is 0 Å². The van der Waals surface area contributed by atoms with E-state index in [4.69, 9.17) is 4.98 Å². The van der Waals surface area contributed by atoms with Crippen molar-refractivity contribution in [3.05, 3.63) is 108 Å². The molecule has 5 aromatic rings. The molecule has 0 fully saturated rings. The molecular formula is C28H21IrN2-. The van der Waals surface area contributed by atoms with Crippen molar-refractivity contribution >= 4 is 11.0 Å². The molecule has 6 rings (SSSR count). The fourth-order valence-electron chi connectivity index (χ4n) is 4.85. The smallest absolute Gasteiger partial charge is 0.0774 e. The van der Waals surface area contributed by atoms with Crippen LogP contribution in [-0.2, 0) is 25.5 Å². The molecule has 1 aromatic heterocycles. The Morgan fingerprint density at radius 1 is 0.774 bits per heavy atom. The Hall–Kier alpha value is -3.00. The van der Waals surface area contributed by atoms with Gasteiger partial charge >= 0.3 is 0 Å². The minimum absolute atomic E-state index is 0. The monoisotopic (exact) mass is 578 g/mol. The van der Waals surface area contributed by atoms with E-state index in [0.717, 1.165) is 28.1 Å². The number of fused-ring (bicyclic) bond motifs is 4. The Kier molecular flexibility index (Phi) is 4.69. The van der Waals surface area contributed by atoms with Crippen LogP contribution in [0, 0.1) is 6.07 Å². The zero-order valence-corrected chi connectivity index (χ0v) is 19.8. The summed E-state index contributed by atoms with van der Waals surface area (Å²) in [6.45, 7) is 4.63. The van der Waals surface area contributed by atoms with E-state index in [0.29, 0.717) is 0 Å². The molecule has 1 aliphatic carbocycles. The first-order valence-corrected chi connectivity index (χ1v) is 10.3. The summed E-state index contributed by atoms with van der Waals surface area (Å²) < 4.78 is 2.26. The van der Waals surface area contributed by atoms with Gasteiger partial charge in [-0.05, 0) is 46.5 Å². The standard InChI is InChI=1S/C28H21N2.Ir/c1-28(2)23-13-7-6-12-21(23)22-18-20(16-17-24(22)28)30-26-15-9-8-14-25(26)29-27(30)19-10-4-3-5-11-19;/h3-10,12-18H,1-2H3;/q-1;. The fraction of sp³-hybridized carbons (Fsp3) is 0.107. The maximum Gasteiger partial charge on any atom is 0.0774 e. The van der Waals surface area contributed by atoms with Gasteiger partial charge in [0.25, 0.3) is 0 Å². The molecular weight excluding hydrogens is 557 g/mol. The van der Waals surface area contributed by atoms with E-state index in [1.165, 1.54) is 22.3 Å². The topological polar surface area (TPSA) is 17.8 Å². The van der Waals surface area contributed by atoms with E-state index in [1.807, 2.05) is 24.3 Å². The van der Waals surface area contributed by atoms with Crippen molar-refractivity contribution in [1.82, 2.24) is 9.55 Å². The van der Waals surface area contributed by atoms with E-state index in [9.17, 15) is 0 Å². The van der Waals surface area contributed by atoms with Crippen molar-refractivity contribution < 1.29 is 20.1 Å². The Labute approximate surface area is 195 Å². The van der Waals surface area contributed by atoms with E-state index >= 15 is 0 Å². The van der Waals surface area contributed by atoms with Gasteiger partial charge in [-0.2, -0.15) is 0 Å². The molecule has 0 atom stereocenters. The van der Waals surface area contributed by atoms with E-state index in [2.05, 4.69) is 91.2 Å². The van der Waals surface area contributed by atoms with E-state index in [1.54, 1.807) is 0 Å². The van der Waals surface area contributed by atoms with Gasteiger partial charge in [-0.3, -0.25) is 4.98 Å². The number of aromatic nitrogens is 2. The summed E-state index contributed by atoms with van der Waals surface area (Å²) in [4.78, 5) is 4.96. The molecule has 4 aromatic carbocycles. The predicted octanol–water partition coefficient (Wildman–Crippen LogP) is 6.80. The number of rotatable bonds is 2. The Bertz CT molecular complexity index is 1410. The van der Waals surface area contributed by atoms with Gasteiger partial charge < -0.3 is 4.57 Å². The second-order valence-electron chi connectivity index (χ2n) is 8.44. The van der Waals surface area contributed by atoms with Crippen molar-refractivity contribution in [3.8, 4) is 28.2 Å². The van der Waals surface area contributed by atoms with Crippen LogP contribution in [0.15, 0.2) is 91.0 Å². The Morgan fingerprint density at radius 3 is 2.35 bits per heavy atom. The number of hydrogen-bond acceptors (Lipinski definition) is 1. The zero-order valence-electron chi connectivity index (χ0n) is 17.4. The molecule has 0 N–H and O–H groups in total. The van der Waals surface area contributed by atoms with Gasteiger partial charge in [0, 0.05) is 31.2 Å². The molecule has 2 nitrogen and oxygen atoms in total. The third-order valence-electron chi connectivity index (χ3n) is 6.34. The first-order chi connectivity index (χ1) is 14.6. The first kappa shape index (κ1) is 19.9. The minimum atomic E-state index is 0. The van der Waals surface area contributed by atoms with Gasteiger partial charge in [0.15, 0.2) is 0 Å². The Morgan fingerprint density at radius 2 is 1.52 bits per heavy atom. The molecule has 0 aliphatic heterocycles. The van der Waals surface area contributed by atoms with Crippen LogP contribution in [0.5, 0.6) is 0 Å².